The first kappa shape index (κ1) is 21.4. The molecule has 3 rings (SSSR count). The van der Waals surface area contributed by atoms with E-state index in [2.05, 4.69) is 5.32 Å². The lowest BCUT2D eigenvalue weighted by Gasteiger charge is -2.15. The predicted molar refractivity (Wildman–Crippen MR) is 116 cm³/mol. The molecule has 152 valence electrons. The quantitative estimate of drug-likeness (QED) is 0.416. The van der Waals surface area contributed by atoms with Crippen LogP contribution in [0.1, 0.15) is 16.7 Å². The summed E-state index contributed by atoms with van der Waals surface area (Å²) in [4.78, 5) is 0. The van der Waals surface area contributed by atoms with Gasteiger partial charge in [0.1, 0.15) is 12.4 Å². The Morgan fingerprint density at radius 2 is 1.59 bits per heavy atom. The molecular weight excluding hydrogens is 412 g/mol. The fraction of sp³-hybridized carbons (Fsp3) is 0.217. The monoisotopic (exact) mass is 433 g/mol. The van der Waals surface area contributed by atoms with Gasteiger partial charge in [0.15, 0.2) is 11.5 Å². The smallest absolute Gasteiger partial charge is 0.180 e. The molecule has 0 fully saturated rings. The number of hydrogen-bond acceptors (Lipinski definition) is 3. The molecule has 0 bridgehead atoms. The molecule has 0 unspecified atom stereocenters. The van der Waals surface area contributed by atoms with E-state index in [9.17, 15) is 4.39 Å². The van der Waals surface area contributed by atoms with E-state index in [4.69, 9.17) is 32.7 Å². The first-order valence-electron chi connectivity index (χ1n) is 9.24. The van der Waals surface area contributed by atoms with E-state index in [-0.39, 0.29) is 12.4 Å². The van der Waals surface area contributed by atoms with Gasteiger partial charge >= 0.3 is 0 Å². The molecule has 0 heterocycles. The van der Waals surface area contributed by atoms with E-state index >= 15 is 0 Å². The summed E-state index contributed by atoms with van der Waals surface area (Å²) in [6, 6.07) is 17.8. The third kappa shape index (κ3) is 6.36. The molecule has 0 amide bonds. The second-order valence-corrected chi connectivity index (χ2v) is 7.42. The molecule has 3 aromatic carbocycles. The molecule has 0 aliphatic carbocycles. The van der Waals surface area contributed by atoms with Crippen molar-refractivity contribution in [3.8, 4) is 11.5 Å². The van der Waals surface area contributed by atoms with E-state index in [0.717, 1.165) is 29.1 Å². The van der Waals surface area contributed by atoms with Gasteiger partial charge in [-0.15, -0.1) is 0 Å². The van der Waals surface area contributed by atoms with Crippen molar-refractivity contribution in [3.05, 3.63) is 93.2 Å². The predicted octanol–water partition coefficient (Wildman–Crippen LogP) is 6.05. The number of ether oxygens (including phenoxy) is 2. The number of nitrogens with one attached hydrogen (secondary N) is 1. The number of rotatable bonds is 9. The fourth-order valence-corrected chi connectivity index (χ4v) is 3.28. The van der Waals surface area contributed by atoms with E-state index in [1.807, 2.05) is 36.4 Å². The van der Waals surface area contributed by atoms with E-state index in [1.165, 1.54) is 17.7 Å². The Hall–Kier alpha value is -2.27. The normalized spacial score (nSPS) is 10.8. The van der Waals surface area contributed by atoms with Crippen LogP contribution in [0.5, 0.6) is 11.5 Å². The van der Waals surface area contributed by atoms with Gasteiger partial charge < -0.3 is 14.8 Å². The third-order valence-electron chi connectivity index (χ3n) is 4.42. The van der Waals surface area contributed by atoms with Crippen molar-refractivity contribution in [3.63, 3.8) is 0 Å². The minimum Gasteiger partial charge on any atom is -0.493 e. The van der Waals surface area contributed by atoms with E-state index < -0.39 is 0 Å². The van der Waals surface area contributed by atoms with Gasteiger partial charge in [-0.3, -0.25) is 0 Å². The van der Waals surface area contributed by atoms with Gasteiger partial charge in [0.25, 0.3) is 0 Å². The van der Waals surface area contributed by atoms with Gasteiger partial charge in [-0.05, 0) is 66.1 Å². The summed E-state index contributed by atoms with van der Waals surface area (Å²) < 4.78 is 24.3. The summed E-state index contributed by atoms with van der Waals surface area (Å²) >= 11 is 12.3. The lowest BCUT2D eigenvalue weighted by Crippen LogP contribution is -2.16. The maximum Gasteiger partial charge on any atom is 0.180 e. The minimum absolute atomic E-state index is 0.273. The summed E-state index contributed by atoms with van der Waals surface area (Å²) in [6.07, 6.45) is 0.904. The highest BCUT2D eigenvalue weighted by Gasteiger charge is 2.12. The van der Waals surface area contributed by atoms with Gasteiger partial charge in [0.2, 0.25) is 0 Å². The lowest BCUT2D eigenvalue weighted by molar-refractivity contribution is 0.284. The van der Waals surface area contributed by atoms with Crippen LogP contribution in [0, 0.1) is 5.82 Å². The molecule has 0 aromatic heterocycles. The number of methoxy groups -OCH3 is 1. The molecule has 3 aromatic rings. The van der Waals surface area contributed by atoms with Crippen molar-refractivity contribution in [2.75, 3.05) is 13.7 Å². The van der Waals surface area contributed by atoms with Crippen LogP contribution in [0.25, 0.3) is 0 Å². The number of hydrogen-bond donors (Lipinski definition) is 1. The zero-order valence-corrected chi connectivity index (χ0v) is 17.6. The highest BCUT2D eigenvalue weighted by atomic mass is 35.5. The molecule has 0 saturated heterocycles. The van der Waals surface area contributed by atoms with Crippen LogP contribution in [0.4, 0.5) is 4.39 Å². The molecule has 3 nitrogen and oxygen atoms in total. The van der Waals surface area contributed by atoms with Crippen molar-refractivity contribution < 1.29 is 13.9 Å². The Labute approximate surface area is 180 Å². The maximum absolute atomic E-state index is 13.0. The zero-order valence-electron chi connectivity index (χ0n) is 16.1. The summed E-state index contributed by atoms with van der Waals surface area (Å²) in [5.74, 6) is 0.759. The largest absolute Gasteiger partial charge is 0.493 e. The zero-order chi connectivity index (χ0) is 20.6. The molecule has 0 atom stereocenters. The number of halogens is 3. The van der Waals surface area contributed by atoms with Crippen LogP contribution in [0.15, 0.2) is 60.7 Å². The van der Waals surface area contributed by atoms with Crippen molar-refractivity contribution in [1.29, 1.82) is 0 Å². The van der Waals surface area contributed by atoms with Gasteiger partial charge in [-0.25, -0.2) is 4.39 Å². The summed E-state index contributed by atoms with van der Waals surface area (Å²) in [5, 5.41) is 4.62. The highest BCUT2D eigenvalue weighted by Crippen LogP contribution is 2.37. The minimum atomic E-state index is -0.280. The lowest BCUT2D eigenvalue weighted by atomic mass is 10.1. The van der Waals surface area contributed by atoms with Crippen molar-refractivity contribution >= 4 is 23.2 Å². The SMILES string of the molecule is COc1cc(CNCCc2ccc(Cl)cc2)cc(Cl)c1OCc1ccc(F)cc1. The first-order chi connectivity index (χ1) is 14.0. The van der Waals surface area contributed by atoms with E-state index in [0.29, 0.717) is 23.1 Å². The van der Waals surface area contributed by atoms with Crippen molar-refractivity contribution in [1.82, 2.24) is 5.32 Å². The molecule has 0 saturated carbocycles. The molecule has 0 aliphatic rings. The van der Waals surface area contributed by atoms with Crippen molar-refractivity contribution in [2.24, 2.45) is 0 Å². The molecule has 1 N–H and O–H groups in total. The Balaban J connectivity index is 1.57. The first-order valence-corrected chi connectivity index (χ1v) is 9.99. The van der Waals surface area contributed by atoms with Crippen LogP contribution in [-0.4, -0.2) is 13.7 Å². The molecular formula is C23H22Cl2FNO2. The Kier molecular flexibility index (Phi) is 7.76. The highest BCUT2D eigenvalue weighted by molar-refractivity contribution is 6.32. The van der Waals surface area contributed by atoms with Gasteiger partial charge in [-0.2, -0.15) is 0 Å². The van der Waals surface area contributed by atoms with Gasteiger partial charge in [0.05, 0.1) is 12.1 Å². The van der Waals surface area contributed by atoms with Gasteiger partial charge in [-0.1, -0.05) is 47.5 Å². The summed E-state index contributed by atoms with van der Waals surface area (Å²) in [7, 11) is 1.58. The van der Waals surface area contributed by atoms with Crippen LogP contribution < -0.4 is 14.8 Å². The molecule has 0 spiro atoms. The summed E-state index contributed by atoms with van der Waals surface area (Å²) in [6.45, 7) is 1.75. The fourth-order valence-electron chi connectivity index (χ4n) is 2.87. The van der Waals surface area contributed by atoms with Gasteiger partial charge in [0, 0.05) is 11.6 Å². The van der Waals surface area contributed by atoms with Crippen LogP contribution in [0.3, 0.4) is 0 Å². The number of benzene rings is 3. The van der Waals surface area contributed by atoms with Crippen molar-refractivity contribution in [2.45, 2.75) is 19.6 Å². The average molecular weight is 434 g/mol. The average Bonchev–Trinajstić information content (AvgIpc) is 2.72. The Morgan fingerprint density at radius 1 is 0.897 bits per heavy atom. The molecule has 29 heavy (non-hydrogen) atoms. The maximum atomic E-state index is 13.0. The molecule has 6 heteroatoms. The Morgan fingerprint density at radius 3 is 2.28 bits per heavy atom. The van der Waals surface area contributed by atoms with Crippen LogP contribution >= 0.6 is 23.2 Å². The van der Waals surface area contributed by atoms with Crippen LogP contribution in [0.2, 0.25) is 10.0 Å². The second kappa shape index (κ2) is 10.5. The van der Waals surface area contributed by atoms with E-state index in [1.54, 1.807) is 19.2 Å². The van der Waals surface area contributed by atoms with Crippen LogP contribution in [-0.2, 0) is 19.6 Å². The molecule has 0 aliphatic heterocycles. The molecule has 0 radical (unpaired) electrons. The standard InChI is InChI=1S/C23H22Cl2FNO2/c1-28-22-13-18(14-27-11-10-16-2-6-19(24)7-3-16)12-21(25)23(22)29-15-17-4-8-20(26)9-5-17/h2-9,12-13,27H,10-11,14-15H2,1H3. The summed E-state index contributed by atoms with van der Waals surface area (Å²) in [5.41, 5.74) is 3.07. The second-order valence-electron chi connectivity index (χ2n) is 6.58. The topological polar surface area (TPSA) is 30.5 Å². The third-order valence-corrected chi connectivity index (χ3v) is 4.95. The Bertz CT molecular complexity index is 931.